The summed E-state index contributed by atoms with van der Waals surface area (Å²) in [5, 5.41) is 8.76. The van der Waals surface area contributed by atoms with Gasteiger partial charge >= 0.3 is 5.97 Å². The summed E-state index contributed by atoms with van der Waals surface area (Å²) in [5.41, 5.74) is 0.209. The molecule has 0 saturated carbocycles. The summed E-state index contributed by atoms with van der Waals surface area (Å²) < 4.78 is 4.93. The van der Waals surface area contributed by atoms with E-state index in [2.05, 4.69) is 0 Å². The Morgan fingerprint density at radius 2 is 2.33 bits per heavy atom. The van der Waals surface area contributed by atoms with E-state index < -0.39 is 5.97 Å². The third-order valence-electron chi connectivity index (χ3n) is 1.29. The van der Waals surface area contributed by atoms with E-state index in [9.17, 15) is 4.79 Å². The SMILES string of the molecule is C/C(=C\c1ccc(Cl)o1)C(=O)O. The second-order valence-corrected chi connectivity index (χ2v) is 2.65. The highest BCUT2D eigenvalue weighted by molar-refractivity contribution is 6.28. The molecule has 0 radical (unpaired) electrons. The van der Waals surface area contributed by atoms with Crippen LogP contribution in [0.4, 0.5) is 0 Å². The lowest BCUT2D eigenvalue weighted by Crippen LogP contribution is -1.94. The minimum atomic E-state index is -0.970. The molecular weight excluding hydrogens is 180 g/mol. The molecule has 1 rings (SSSR count). The second-order valence-electron chi connectivity index (χ2n) is 2.27. The van der Waals surface area contributed by atoms with Gasteiger partial charge in [-0.05, 0) is 36.7 Å². The van der Waals surface area contributed by atoms with Gasteiger partial charge in [0, 0.05) is 5.57 Å². The van der Waals surface area contributed by atoms with Crippen molar-refractivity contribution in [3.63, 3.8) is 0 Å². The van der Waals surface area contributed by atoms with Crippen molar-refractivity contribution in [2.45, 2.75) is 6.92 Å². The standard InChI is InChI=1S/C8H7ClO3/c1-5(8(10)11)4-6-2-3-7(9)12-6/h2-4H,1H3,(H,10,11)/b5-4+. The van der Waals surface area contributed by atoms with E-state index in [1.807, 2.05) is 0 Å². The van der Waals surface area contributed by atoms with Gasteiger partial charge in [0.05, 0.1) is 0 Å². The van der Waals surface area contributed by atoms with Gasteiger partial charge in [-0.1, -0.05) is 0 Å². The summed E-state index contributed by atoms with van der Waals surface area (Å²) in [6.45, 7) is 1.48. The Morgan fingerprint density at radius 1 is 1.67 bits per heavy atom. The van der Waals surface area contributed by atoms with Crippen molar-refractivity contribution in [3.05, 3.63) is 28.7 Å². The van der Waals surface area contributed by atoms with Gasteiger partial charge in [-0.15, -0.1) is 0 Å². The molecule has 0 saturated heterocycles. The Bertz CT molecular complexity index is 325. The van der Waals surface area contributed by atoms with Gasteiger partial charge in [-0.25, -0.2) is 4.79 Å². The number of carboxylic acids is 1. The number of halogens is 1. The lowest BCUT2D eigenvalue weighted by molar-refractivity contribution is -0.132. The normalized spacial score (nSPS) is 11.7. The molecule has 12 heavy (non-hydrogen) atoms. The van der Waals surface area contributed by atoms with Crippen molar-refractivity contribution < 1.29 is 14.3 Å². The number of carbonyl (C=O) groups is 1. The molecule has 0 unspecified atom stereocenters. The minimum absolute atomic E-state index is 0.209. The summed E-state index contributed by atoms with van der Waals surface area (Å²) in [7, 11) is 0. The largest absolute Gasteiger partial charge is 0.478 e. The average Bonchev–Trinajstić information content (AvgIpc) is 2.35. The Kier molecular flexibility index (Phi) is 2.55. The van der Waals surface area contributed by atoms with Gasteiger partial charge in [0.25, 0.3) is 0 Å². The first-order valence-electron chi connectivity index (χ1n) is 3.26. The van der Waals surface area contributed by atoms with Gasteiger partial charge < -0.3 is 9.52 Å². The van der Waals surface area contributed by atoms with Gasteiger partial charge in [-0.3, -0.25) is 0 Å². The van der Waals surface area contributed by atoms with Crippen molar-refractivity contribution in [1.29, 1.82) is 0 Å². The number of aliphatic carboxylic acids is 1. The molecule has 64 valence electrons. The highest BCUT2D eigenvalue weighted by Crippen LogP contribution is 2.15. The van der Waals surface area contributed by atoms with Crippen LogP contribution in [0, 0.1) is 0 Å². The smallest absolute Gasteiger partial charge is 0.331 e. The first-order valence-corrected chi connectivity index (χ1v) is 3.64. The maximum absolute atomic E-state index is 10.4. The van der Waals surface area contributed by atoms with E-state index in [4.69, 9.17) is 21.1 Å². The molecule has 0 atom stereocenters. The van der Waals surface area contributed by atoms with Crippen LogP contribution in [0.5, 0.6) is 0 Å². The first kappa shape index (κ1) is 8.87. The summed E-state index contributed by atoms with van der Waals surface area (Å²) in [6.07, 6.45) is 1.41. The van der Waals surface area contributed by atoms with Gasteiger partial charge in [0.15, 0.2) is 5.22 Å². The molecule has 0 amide bonds. The van der Waals surface area contributed by atoms with E-state index >= 15 is 0 Å². The highest BCUT2D eigenvalue weighted by Gasteiger charge is 2.02. The van der Waals surface area contributed by atoms with Crippen LogP contribution in [0.1, 0.15) is 12.7 Å². The molecule has 0 aliphatic heterocycles. The molecule has 1 heterocycles. The first-order chi connectivity index (χ1) is 5.59. The van der Waals surface area contributed by atoms with Crippen LogP contribution in [0.3, 0.4) is 0 Å². The molecule has 0 spiro atoms. The maximum Gasteiger partial charge on any atom is 0.331 e. The molecule has 0 aliphatic rings. The van der Waals surface area contributed by atoms with Crippen molar-refractivity contribution in [3.8, 4) is 0 Å². The Morgan fingerprint density at radius 3 is 2.75 bits per heavy atom. The average molecular weight is 187 g/mol. The fraction of sp³-hybridized carbons (Fsp3) is 0.125. The molecule has 1 N–H and O–H groups in total. The van der Waals surface area contributed by atoms with Crippen molar-refractivity contribution in [1.82, 2.24) is 0 Å². The van der Waals surface area contributed by atoms with Crippen LogP contribution in [0.25, 0.3) is 6.08 Å². The summed E-state index contributed by atoms with van der Waals surface area (Å²) in [6, 6.07) is 3.16. The number of carboxylic acid groups (broad SMARTS) is 1. The molecule has 0 bridgehead atoms. The fourth-order valence-corrected chi connectivity index (χ4v) is 0.833. The minimum Gasteiger partial charge on any atom is -0.478 e. The Hall–Kier alpha value is -1.22. The predicted octanol–water partition coefficient (Wildman–Crippen LogP) is 2.42. The molecule has 0 aromatic carbocycles. The lowest BCUT2D eigenvalue weighted by Gasteiger charge is -1.89. The topological polar surface area (TPSA) is 50.4 Å². The number of furan rings is 1. The Balaban J connectivity index is 2.87. The van der Waals surface area contributed by atoms with Gasteiger partial charge in [0.1, 0.15) is 5.76 Å². The molecule has 1 aromatic heterocycles. The zero-order chi connectivity index (χ0) is 9.14. The van der Waals surface area contributed by atoms with Crippen LogP contribution in [-0.4, -0.2) is 11.1 Å². The monoisotopic (exact) mass is 186 g/mol. The highest BCUT2D eigenvalue weighted by atomic mass is 35.5. The summed E-state index contributed by atoms with van der Waals surface area (Å²) >= 11 is 5.48. The van der Waals surface area contributed by atoms with Crippen molar-refractivity contribution >= 4 is 23.6 Å². The number of hydrogen-bond donors (Lipinski definition) is 1. The molecule has 1 aromatic rings. The van der Waals surface area contributed by atoms with Crippen molar-refractivity contribution in [2.24, 2.45) is 0 Å². The van der Waals surface area contributed by atoms with Gasteiger partial charge in [-0.2, -0.15) is 0 Å². The molecule has 3 nitrogen and oxygen atoms in total. The van der Waals surface area contributed by atoms with E-state index in [0.29, 0.717) is 5.76 Å². The summed E-state index contributed by atoms with van der Waals surface area (Å²) in [4.78, 5) is 10.4. The third-order valence-corrected chi connectivity index (χ3v) is 1.49. The number of rotatable bonds is 2. The fourth-order valence-electron chi connectivity index (χ4n) is 0.681. The van der Waals surface area contributed by atoms with E-state index in [1.165, 1.54) is 13.0 Å². The van der Waals surface area contributed by atoms with E-state index in [-0.39, 0.29) is 10.8 Å². The van der Waals surface area contributed by atoms with Crippen LogP contribution >= 0.6 is 11.6 Å². The zero-order valence-electron chi connectivity index (χ0n) is 6.37. The molecule has 4 heteroatoms. The quantitative estimate of drug-likeness (QED) is 0.722. The predicted molar refractivity (Wildman–Crippen MR) is 45.0 cm³/mol. The molecular formula is C8H7ClO3. The maximum atomic E-state index is 10.4. The second kappa shape index (κ2) is 3.45. The van der Waals surface area contributed by atoms with Crippen LogP contribution < -0.4 is 0 Å². The summed E-state index contributed by atoms with van der Waals surface area (Å²) in [5.74, 6) is -0.526. The van der Waals surface area contributed by atoms with Crippen molar-refractivity contribution in [2.75, 3.05) is 0 Å². The van der Waals surface area contributed by atoms with E-state index in [1.54, 1.807) is 12.1 Å². The zero-order valence-corrected chi connectivity index (χ0v) is 7.13. The molecule has 0 fully saturated rings. The van der Waals surface area contributed by atoms with Crippen LogP contribution in [-0.2, 0) is 4.79 Å². The Labute approximate surface area is 74.3 Å². The van der Waals surface area contributed by atoms with Gasteiger partial charge in [0.2, 0.25) is 0 Å². The molecule has 0 aliphatic carbocycles. The van der Waals surface area contributed by atoms with Crippen LogP contribution in [0.2, 0.25) is 5.22 Å². The number of hydrogen-bond acceptors (Lipinski definition) is 2. The van der Waals surface area contributed by atoms with Crippen LogP contribution in [0.15, 0.2) is 22.1 Å². The lowest BCUT2D eigenvalue weighted by atomic mass is 10.2. The third kappa shape index (κ3) is 2.13. The van der Waals surface area contributed by atoms with E-state index in [0.717, 1.165) is 0 Å².